The number of nitrogen functional groups attached to an aromatic ring is 1. The molecule has 1 fully saturated rings. The van der Waals surface area contributed by atoms with Gasteiger partial charge in [-0.15, -0.1) is 0 Å². The third kappa shape index (κ3) is 3.55. The van der Waals surface area contributed by atoms with E-state index >= 15 is 0 Å². The number of carboxylic acid groups (broad SMARTS) is 1. The van der Waals surface area contributed by atoms with Crippen LogP contribution in [0.15, 0.2) is 47.2 Å². The van der Waals surface area contributed by atoms with Gasteiger partial charge in [-0.1, -0.05) is 18.2 Å². The number of piperidine rings is 1. The van der Waals surface area contributed by atoms with Gasteiger partial charge in [-0.3, -0.25) is 9.78 Å². The first-order chi connectivity index (χ1) is 15.3. The molecule has 5 rings (SSSR count). The molecule has 4 N–H and O–H groups in total. The third-order valence-electron chi connectivity index (χ3n) is 5.98. The van der Waals surface area contributed by atoms with Gasteiger partial charge in [-0.2, -0.15) is 9.61 Å². The van der Waals surface area contributed by atoms with Crippen LogP contribution >= 0.6 is 15.9 Å². The molecule has 3 aromatic heterocycles. The number of aliphatic hydroxyl groups is 1. The summed E-state index contributed by atoms with van der Waals surface area (Å²) in [5, 5.41) is 25.1. The number of carboxylic acids is 1. The molecule has 0 amide bonds. The number of carbonyl (C=O) groups is 1. The van der Waals surface area contributed by atoms with E-state index in [0.717, 1.165) is 22.0 Å². The van der Waals surface area contributed by atoms with E-state index in [2.05, 4.69) is 26.0 Å². The van der Waals surface area contributed by atoms with Crippen molar-refractivity contribution in [2.24, 2.45) is 0 Å². The van der Waals surface area contributed by atoms with Gasteiger partial charge in [0, 0.05) is 35.8 Å². The molecule has 0 unspecified atom stereocenters. The van der Waals surface area contributed by atoms with E-state index in [1.54, 1.807) is 16.9 Å². The number of hydrogen-bond acceptors (Lipinski definition) is 7. The minimum atomic E-state index is -1.21. The van der Waals surface area contributed by atoms with Crippen molar-refractivity contribution in [2.75, 3.05) is 23.7 Å². The van der Waals surface area contributed by atoms with Gasteiger partial charge in [-0.25, -0.2) is 4.98 Å². The van der Waals surface area contributed by atoms with E-state index in [4.69, 9.17) is 15.8 Å². The Labute approximate surface area is 191 Å². The number of rotatable bonds is 4. The molecule has 0 aliphatic carbocycles. The van der Waals surface area contributed by atoms with Crippen LogP contribution in [0, 0.1) is 0 Å². The monoisotopic (exact) mass is 496 g/mol. The number of aliphatic carboxylic acids is 1. The molecule has 0 bridgehead atoms. The van der Waals surface area contributed by atoms with Crippen LogP contribution in [-0.4, -0.2) is 54.5 Å². The molecule has 0 atom stereocenters. The number of para-hydroxylation sites is 1. The molecule has 1 saturated heterocycles. The summed E-state index contributed by atoms with van der Waals surface area (Å²) in [4.78, 5) is 22.5. The molecule has 164 valence electrons. The number of fused-ring (bicyclic) bond motifs is 2. The summed E-state index contributed by atoms with van der Waals surface area (Å²) >= 11 is 3.54. The quantitative estimate of drug-likeness (QED) is 0.392. The molecule has 4 heterocycles. The molecule has 0 spiro atoms. The number of hydrogen-bond donors (Lipinski definition) is 3. The molecule has 1 aliphatic rings. The summed E-state index contributed by atoms with van der Waals surface area (Å²) in [6.07, 6.45) is 3.92. The lowest BCUT2D eigenvalue weighted by Gasteiger charge is -2.38. The van der Waals surface area contributed by atoms with Crippen LogP contribution in [0.2, 0.25) is 0 Å². The molecule has 4 aromatic rings. The predicted molar refractivity (Wildman–Crippen MR) is 124 cm³/mol. The standard InChI is InChI=1S/C22H21BrN6O3/c23-18-19(24)29-20(27-21(18)28-7-5-22(32,6-8-28)10-17(30)31)15(12-26-29)14-9-13-3-1-2-4-16(13)25-11-14/h1-4,9,11-12,32H,5-8,10,24H2,(H,30,31). The van der Waals surface area contributed by atoms with E-state index in [0.29, 0.717) is 47.7 Å². The van der Waals surface area contributed by atoms with Gasteiger partial charge in [0.25, 0.3) is 0 Å². The van der Waals surface area contributed by atoms with Crippen LogP contribution in [0.3, 0.4) is 0 Å². The number of aromatic nitrogens is 4. The zero-order valence-corrected chi connectivity index (χ0v) is 18.7. The van der Waals surface area contributed by atoms with Crippen LogP contribution in [-0.2, 0) is 4.79 Å². The van der Waals surface area contributed by atoms with Gasteiger partial charge < -0.3 is 20.8 Å². The summed E-state index contributed by atoms with van der Waals surface area (Å²) in [5.74, 6) is 0.0538. The fourth-order valence-corrected chi connectivity index (χ4v) is 4.71. The molecule has 10 heteroatoms. The summed E-state index contributed by atoms with van der Waals surface area (Å²) in [7, 11) is 0. The van der Waals surface area contributed by atoms with E-state index in [1.165, 1.54) is 0 Å². The van der Waals surface area contributed by atoms with Crippen molar-refractivity contribution in [1.82, 2.24) is 19.6 Å². The Morgan fingerprint density at radius 1 is 1.22 bits per heavy atom. The maximum atomic E-state index is 11.1. The minimum Gasteiger partial charge on any atom is -0.481 e. The molecular formula is C22H21BrN6O3. The van der Waals surface area contributed by atoms with E-state index < -0.39 is 11.6 Å². The molecular weight excluding hydrogens is 476 g/mol. The Morgan fingerprint density at radius 2 is 1.97 bits per heavy atom. The topological polar surface area (TPSA) is 130 Å². The van der Waals surface area contributed by atoms with Gasteiger partial charge in [0.2, 0.25) is 0 Å². The minimum absolute atomic E-state index is 0.266. The normalized spacial score (nSPS) is 16.0. The van der Waals surface area contributed by atoms with Crippen molar-refractivity contribution >= 4 is 50.1 Å². The summed E-state index contributed by atoms with van der Waals surface area (Å²) in [6, 6.07) is 9.94. The highest BCUT2D eigenvalue weighted by Gasteiger charge is 2.35. The van der Waals surface area contributed by atoms with Crippen molar-refractivity contribution in [3.8, 4) is 11.1 Å². The second-order valence-corrected chi connectivity index (χ2v) is 8.92. The Kier molecular flexibility index (Phi) is 4.98. The van der Waals surface area contributed by atoms with Crippen molar-refractivity contribution < 1.29 is 15.0 Å². The summed E-state index contributed by atoms with van der Waals surface area (Å²) < 4.78 is 2.20. The van der Waals surface area contributed by atoms with Gasteiger partial charge in [-0.05, 0) is 40.9 Å². The van der Waals surface area contributed by atoms with Crippen LogP contribution in [0.4, 0.5) is 11.6 Å². The number of halogens is 1. The fraction of sp³-hybridized carbons (Fsp3) is 0.273. The smallest absolute Gasteiger partial charge is 0.306 e. The largest absolute Gasteiger partial charge is 0.481 e. The first kappa shape index (κ1) is 20.7. The van der Waals surface area contributed by atoms with Crippen LogP contribution < -0.4 is 10.6 Å². The first-order valence-electron chi connectivity index (χ1n) is 10.2. The molecule has 1 aliphatic heterocycles. The third-order valence-corrected chi connectivity index (χ3v) is 6.74. The van der Waals surface area contributed by atoms with E-state index in [-0.39, 0.29) is 6.42 Å². The van der Waals surface area contributed by atoms with Crippen molar-refractivity contribution in [2.45, 2.75) is 24.9 Å². The SMILES string of the molecule is Nc1c(Br)c(N2CCC(O)(CC(=O)O)CC2)nc2c(-c3cnc4ccccc4c3)cnn12. The fourth-order valence-electron chi connectivity index (χ4n) is 4.21. The predicted octanol–water partition coefficient (Wildman–Crippen LogP) is 3.10. The number of pyridine rings is 1. The highest BCUT2D eigenvalue weighted by atomic mass is 79.9. The Hall–Kier alpha value is -3.24. The Bertz CT molecular complexity index is 1350. The Balaban J connectivity index is 1.54. The van der Waals surface area contributed by atoms with Crippen LogP contribution in [0.5, 0.6) is 0 Å². The number of nitrogens with two attached hydrogens (primary N) is 1. The maximum absolute atomic E-state index is 11.1. The van der Waals surface area contributed by atoms with Gasteiger partial charge in [0.05, 0.1) is 23.7 Å². The zero-order valence-electron chi connectivity index (χ0n) is 17.1. The highest BCUT2D eigenvalue weighted by molar-refractivity contribution is 9.10. The molecule has 32 heavy (non-hydrogen) atoms. The van der Waals surface area contributed by atoms with Crippen molar-refractivity contribution in [3.63, 3.8) is 0 Å². The highest BCUT2D eigenvalue weighted by Crippen LogP contribution is 2.37. The number of anilines is 2. The van der Waals surface area contributed by atoms with Crippen molar-refractivity contribution in [3.05, 3.63) is 47.2 Å². The van der Waals surface area contributed by atoms with Gasteiger partial charge in [0.15, 0.2) is 5.65 Å². The molecule has 9 nitrogen and oxygen atoms in total. The molecule has 0 saturated carbocycles. The number of benzene rings is 1. The second kappa shape index (κ2) is 7.72. The van der Waals surface area contributed by atoms with E-state index in [1.807, 2.05) is 35.2 Å². The van der Waals surface area contributed by atoms with Crippen molar-refractivity contribution in [1.29, 1.82) is 0 Å². The van der Waals surface area contributed by atoms with Gasteiger partial charge >= 0.3 is 5.97 Å². The summed E-state index contributed by atoms with van der Waals surface area (Å²) in [6.45, 7) is 0.929. The van der Waals surface area contributed by atoms with Crippen LogP contribution in [0.1, 0.15) is 19.3 Å². The Morgan fingerprint density at radius 3 is 2.72 bits per heavy atom. The summed E-state index contributed by atoms with van der Waals surface area (Å²) in [5.41, 5.74) is 8.37. The average molecular weight is 497 g/mol. The lowest BCUT2D eigenvalue weighted by molar-refractivity contribution is -0.143. The van der Waals surface area contributed by atoms with Gasteiger partial charge in [0.1, 0.15) is 16.1 Å². The second-order valence-electron chi connectivity index (χ2n) is 8.13. The van der Waals surface area contributed by atoms with E-state index in [9.17, 15) is 9.90 Å². The van der Waals surface area contributed by atoms with Crippen LogP contribution in [0.25, 0.3) is 27.7 Å². The maximum Gasteiger partial charge on any atom is 0.306 e. The zero-order chi connectivity index (χ0) is 22.5. The molecule has 0 radical (unpaired) electrons. The first-order valence-corrected chi connectivity index (χ1v) is 11.0. The lowest BCUT2D eigenvalue weighted by Crippen LogP contribution is -2.46. The number of nitrogens with zero attached hydrogens (tertiary/aromatic N) is 5. The lowest BCUT2D eigenvalue weighted by atomic mass is 9.88. The molecule has 1 aromatic carbocycles. The average Bonchev–Trinajstić information content (AvgIpc) is 3.20.